The van der Waals surface area contributed by atoms with Crippen LogP contribution in [0.1, 0.15) is 18.3 Å². The van der Waals surface area contributed by atoms with E-state index in [2.05, 4.69) is 30.6 Å². The number of fused-ring (bicyclic) bond motifs is 1. The quantitative estimate of drug-likeness (QED) is 0.284. The third-order valence-corrected chi connectivity index (χ3v) is 3.83. The topological polar surface area (TPSA) is 75.8 Å². The summed E-state index contributed by atoms with van der Waals surface area (Å²) >= 11 is 0. The van der Waals surface area contributed by atoms with Crippen molar-refractivity contribution in [1.82, 2.24) is 25.2 Å². The molecule has 0 fully saturated rings. The van der Waals surface area contributed by atoms with Crippen LogP contribution >= 0.6 is 24.0 Å². The first kappa shape index (κ1) is 22.7. The second-order valence-electron chi connectivity index (χ2n) is 5.69. The molecule has 2 N–H and O–H groups in total. The second kappa shape index (κ2) is 10.8. The molecule has 3 rings (SSSR count). The molecule has 1 aromatic carbocycles. The predicted octanol–water partition coefficient (Wildman–Crippen LogP) is 3.34. The summed E-state index contributed by atoms with van der Waals surface area (Å²) < 4.78 is 45.3. The normalized spacial score (nSPS) is 11.4. The maximum Gasteiger partial charge on any atom is 0.387 e. The number of pyridine rings is 1. The number of nitrogens with zero attached hydrogens (tertiary/aromatic N) is 4. The molecule has 0 unspecified atom stereocenters. The molecule has 0 atom stereocenters. The molecule has 29 heavy (non-hydrogen) atoms. The van der Waals surface area contributed by atoms with Crippen molar-refractivity contribution in [3.63, 3.8) is 0 Å². The summed E-state index contributed by atoms with van der Waals surface area (Å²) in [5, 5.41) is 14.3. The average Bonchev–Trinajstić information content (AvgIpc) is 3.08. The van der Waals surface area contributed by atoms with Crippen LogP contribution in [0.3, 0.4) is 0 Å². The van der Waals surface area contributed by atoms with Gasteiger partial charge in [-0.3, -0.25) is 4.40 Å². The van der Waals surface area contributed by atoms with Crippen molar-refractivity contribution >= 4 is 35.6 Å². The lowest BCUT2D eigenvalue weighted by atomic mass is 10.2. The second-order valence-corrected chi connectivity index (χ2v) is 5.69. The summed E-state index contributed by atoms with van der Waals surface area (Å²) in [5.41, 5.74) is 0.661. The summed E-state index contributed by atoms with van der Waals surface area (Å²) in [6, 6.07) is 9.31. The minimum Gasteiger partial charge on any atom is -0.434 e. The highest BCUT2D eigenvalue weighted by Gasteiger charge is 2.14. The Labute approximate surface area is 182 Å². The third kappa shape index (κ3) is 5.95. The first-order chi connectivity index (χ1) is 13.6. The van der Waals surface area contributed by atoms with Gasteiger partial charge in [-0.25, -0.2) is 9.38 Å². The van der Waals surface area contributed by atoms with E-state index in [1.807, 2.05) is 35.7 Å². The van der Waals surface area contributed by atoms with Crippen LogP contribution in [-0.2, 0) is 13.1 Å². The molecular weight excluding hydrogens is 500 g/mol. The number of hydrogen-bond donors (Lipinski definition) is 2. The van der Waals surface area contributed by atoms with Gasteiger partial charge in [-0.05, 0) is 31.2 Å². The van der Waals surface area contributed by atoms with Gasteiger partial charge < -0.3 is 15.4 Å². The largest absolute Gasteiger partial charge is 0.434 e. The van der Waals surface area contributed by atoms with E-state index < -0.39 is 12.4 Å². The zero-order valence-corrected chi connectivity index (χ0v) is 17.8. The van der Waals surface area contributed by atoms with Crippen molar-refractivity contribution in [3.8, 4) is 5.75 Å². The van der Waals surface area contributed by atoms with Crippen molar-refractivity contribution in [1.29, 1.82) is 0 Å². The van der Waals surface area contributed by atoms with Gasteiger partial charge in [0.1, 0.15) is 11.6 Å². The van der Waals surface area contributed by atoms with Crippen LogP contribution in [0, 0.1) is 5.82 Å². The summed E-state index contributed by atoms with van der Waals surface area (Å²) in [6.07, 6.45) is 1.84. The molecular formula is C18H20F3IN6O. The van der Waals surface area contributed by atoms with Gasteiger partial charge in [-0.2, -0.15) is 8.78 Å². The van der Waals surface area contributed by atoms with Crippen LogP contribution in [0.2, 0.25) is 0 Å². The lowest BCUT2D eigenvalue weighted by Gasteiger charge is -2.13. The van der Waals surface area contributed by atoms with Crippen molar-refractivity contribution in [2.24, 2.45) is 4.99 Å². The Balaban J connectivity index is 0.00000300. The van der Waals surface area contributed by atoms with E-state index in [-0.39, 0.29) is 41.8 Å². The maximum absolute atomic E-state index is 14.1. The standard InChI is InChI=1S/C18H19F3N6O.HI/c1-2-22-18(24-11-16-26-25-15-8-3-4-9-27(15)16)23-10-12-13(19)6-5-7-14(12)28-17(20)21;/h3-9,17H,2,10-11H2,1H3,(H2,22,23,24);1H. The number of alkyl halides is 2. The minimum atomic E-state index is -3.04. The van der Waals surface area contributed by atoms with E-state index in [0.717, 1.165) is 0 Å². The molecule has 0 saturated heterocycles. The first-order valence-electron chi connectivity index (χ1n) is 8.61. The van der Waals surface area contributed by atoms with Crippen LogP contribution in [0.4, 0.5) is 13.2 Å². The smallest absolute Gasteiger partial charge is 0.387 e. The van der Waals surface area contributed by atoms with Crippen LogP contribution < -0.4 is 15.4 Å². The van der Waals surface area contributed by atoms with Gasteiger partial charge in [0, 0.05) is 12.7 Å². The van der Waals surface area contributed by atoms with Crippen molar-refractivity contribution in [2.45, 2.75) is 26.6 Å². The molecule has 11 heteroatoms. The molecule has 0 amide bonds. The number of rotatable bonds is 7. The molecule has 0 aliphatic heterocycles. The molecule has 0 aliphatic rings. The summed E-state index contributed by atoms with van der Waals surface area (Å²) in [6.45, 7) is -0.473. The zero-order chi connectivity index (χ0) is 19.9. The van der Waals surface area contributed by atoms with Crippen molar-refractivity contribution in [2.75, 3.05) is 6.54 Å². The molecule has 2 aromatic heterocycles. The van der Waals surface area contributed by atoms with Gasteiger partial charge in [0.05, 0.1) is 18.7 Å². The van der Waals surface area contributed by atoms with Gasteiger partial charge in [0.2, 0.25) is 0 Å². The molecule has 0 saturated carbocycles. The van der Waals surface area contributed by atoms with Gasteiger partial charge in [-0.15, -0.1) is 34.2 Å². The Hall–Kier alpha value is -2.57. The van der Waals surface area contributed by atoms with Gasteiger partial charge in [0.15, 0.2) is 17.4 Å². The molecule has 2 heterocycles. The molecule has 156 valence electrons. The van der Waals surface area contributed by atoms with E-state index in [0.29, 0.717) is 30.5 Å². The van der Waals surface area contributed by atoms with Gasteiger partial charge in [-0.1, -0.05) is 12.1 Å². The predicted molar refractivity (Wildman–Crippen MR) is 113 cm³/mol. The highest BCUT2D eigenvalue weighted by atomic mass is 127. The number of halogens is 4. The fourth-order valence-electron chi connectivity index (χ4n) is 2.57. The van der Waals surface area contributed by atoms with Crippen LogP contribution in [0.15, 0.2) is 47.6 Å². The van der Waals surface area contributed by atoms with Crippen molar-refractivity contribution in [3.05, 3.63) is 59.8 Å². The first-order valence-corrected chi connectivity index (χ1v) is 8.61. The molecule has 0 aliphatic carbocycles. The fraction of sp³-hybridized carbons (Fsp3) is 0.278. The number of nitrogens with one attached hydrogen (secondary N) is 2. The Morgan fingerprint density at radius 3 is 2.76 bits per heavy atom. The highest BCUT2D eigenvalue weighted by Crippen LogP contribution is 2.24. The molecule has 0 spiro atoms. The van der Waals surface area contributed by atoms with Gasteiger partial charge >= 0.3 is 6.61 Å². The summed E-state index contributed by atoms with van der Waals surface area (Å²) in [7, 11) is 0. The molecule has 0 bridgehead atoms. The number of aliphatic imine (C=N–C) groups is 1. The van der Waals surface area contributed by atoms with Crippen LogP contribution in [0.5, 0.6) is 5.75 Å². The van der Waals surface area contributed by atoms with E-state index in [1.165, 1.54) is 18.2 Å². The average molecular weight is 520 g/mol. The summed E-state index contributed by atoms with van der Waals surface area (Å²) in [5.74, 6) is 0.134. The zero-order valence-electron chi connectivity index (χ0n) is 15.5. The van der Waals surface area contributed by atoms with E-state index in [4.69, 9.17) is 0 Å². The third-order valence-electron chi connectivity index (χ3n) is 3.83. The van der Waals surface area contributed by atoms with Crippen LogP contribution in [0.25, 0.3) is 5.65 Å². The fourth-order valence-corrected chi connectivity index (χ4v) is 2.57. The lowest BCUT2D eigenvalue weighted by Crippen LogP contribution is -2.37. The maximum atomic E-state index is 14.1. The number of aromatic nitrogens is 3. The number of guanidine groups is 1. The van der Waals surface area contributed by atoms with E-state index in [9.17, 15) is 13.2 Å². The number of benzene rings is 1. The van der Waals surface area contributed by atoms with Crippen LogP contribution in [-0.4, -0.2) is 33.7 Å². The Bertz CT molecular complexity index is 966. The van der Waals surface area contributed by atoms with Gasteiger partial charge in [0.25, 0.3) is 0 Å². The van der Waals surface area contributed by atoms with E-state index in [1.54, 1.807) is 0 Å². The Morgan fingerprint density at radius 1 is 1.17 bits per heavy atom. The minimum absolute atomic E-state index is 0. The Kier molecular flexibility index (Phi) is 8.49. The molecule has 7 nitrogen and oxygen atoms in total. The lowest BCUT2D eigenvalue weighted by molar-refractivity contribution is -0.0506. The van der Waals surface area contributed by atoms with Crippen molar-refractivity contribution < 1.29 is 17.9 Å². The number of hydrogen-bond acceptors (Lipinski definition) is 4. The number of ether oxygens (including phenoxy) is 1. The molecule has 3 aromatic rings. The summed E-state index contributed by atoms with van der Waals surface area (Å²) in [4.78, 5) is 4.26. The SMILES string of the molecule is CCNC(=NCc1c(F)cccc1OC(F)F)NCc1nnc2ccccn12.I. The Morgan fingerprint density at radius 2 is 2.00 bits per heavy atom. The van der Waals surface area contributed by atoms with E-state index >= 15 is 0 Å². The highest BCUT2D eigenvalue weighted by molar-refractivity contribution is 14.0. The monoisotopic (exact) mass is 520 g/mol. The molecule has 0 radical (unpaired) electrons.